The first-order chi connectivity index (χ1) is 7.06. The summed E-state index contributed by atoms with van der Waals surface area (Å²) in [5, 5.41) is 0. The van der Waals surface area contributed by atoms with E-state index < -0.39 is 6.17 Å². The lowest BCUT2D eigenvalue weighted by Gasteiger charge is -2.19. The SMILES string of the molecule is COc1ccc(C(F)C(C)C(C)C)nc1. The van der Waals surface area contributed by atoms with Crippen LogP contribution < -0.4 is 4.74 Å². The lowest BCUT2D eigenvalue weighted by molar-refractivity contribution is 0.194. The molecule has 0 aliphatic rings. The van der Waals surface area contributed by atoms with Crippen LogP contribution in [0, 0.1) is 11.8 Å². The molecule has 0 amide bonds. The number of pyridine rings is 1. The maximum atomic E-state index is 13.9. The number of rotatable bonds is 4. The van der Waals surface area contributed by atoms with Crippen LogP contribution in [0.1, 0.15) is 32.6 Å². The normalized spacial score (nSPS) is 15.1. The Bertz CT molecular complexity index is 297. The molecule has 0 bridgehead atoms. The summed E-state index contributed by atoms with van der Waals surface area (Å²) in [6, 6.07) is 3.42. The monoisotopic (exact) mass is 211 g/mol. The molecule has 0 N–H and O–H groups in total. The summed E-state index contributed by atoms with van der Waals surface area (Å²) >= 11 is 0. The lowest BCUT2D eigenvalue weighted by atomic mass is 9.91. The van der Waals surface area contributed by atoms with Crippen molar-refractivity contribution in [1.82, 2.24) is 4.98 Å². The topological polar surface area (TPSA) is 22.1 Å². The van der Waals surface area contributed by atoms with Crippen molar-refractivity contribution in [2.75, 3.05) is 7.11 Å². The van der Waals surface area contributed by atoms with Crippen LogP contribution in [0.15, 0.2) is 18.3 Å². The van der Waals surface area contributed by atoms with E-state index in [1.165, 1.54) is 0 Å². The number of methoxy groups -OCH3 is 1. The summed E-state index contributed by atoms with van der Waals surface area (Å²) in [6.45, 7) is 5.93. The van der Waals surface area contributed by atoms with Gasteiger partial charge in [0.15, 0.2) is 0 Å². The Hall–Kier alpha value is -1.12. The molecule has 1 aromatic heterocycles. The number of halogens is 1. The molecular weight excluding hydrogens is 193 g/mol. The zero-order chi connectivity index (χ0) is 11.4. The predicted molar refractivity (Wildman–Crippen MR) is 58.6 cm³/mol. The van der Waals surface area contributed by atoms with Crippen LogP contribution in [0.4, 0.5) is 4.39 Å². The Balaban J connectivity index is 2.78. The van der Waals surface area contributed by atoms with Crippen LogP contribution in [0.2, 0.25) is 0 Å². The van der Waals surface area contributed by atoms with Gasteiger partial charge in [0.1, 0.15) is 11.9 Å². The molecule has 0 saturated carbocycles. The van der Waals surface area contributed by atoms with E-state index in [0.29, 0.717) is 17.4 Å². The maximum Gasteiger partial charge on any atom is 0.145 e. The highest BCUT2D eigenvalue weighted by atomic mass is 19.1. The summed E-state index contributed by atoms with van der Waals surface area (Å²) in [5.74, 6) is 0.943. The molecule has 1 heterocycles. The third-order valence-electron chi connectivity index (χ3n) is 2.79. The minimum Gasteiger partial charge on any atom is -0.495 e. The molecular formula is C12H18FNO. The zero-order valence-corrected chi connectivity index (χ0v) is 9.70. The molecule has 0 saturated heterocycles. The minimum atomic E-state index is -1.00. The van der Waals surface area contributed by atoms with Gasteiger partial charge in [0.25, 0.3) is 0 Å². The van der Waals surface area contributed by atoms with E-state index in [1.54, 1.807) is 25.4 Å². The fourth-order valence-electron chi connectivity index (χ4n) is 1.28. The summed E-state index contributed by atoms with van der Waals surface area (Å²) in [6.07, 6.45) is 0.547. The molecule has 15 heavy (non-hydrogen) atoms. The van der Waals surface area contributed by atoms with Crippen LogP contribution in [0.3, 0.4) is 0 Å². The van der Waals surface area contributed by atoms with Crippen molar-refractivity contribution >= 4 is 0 Å². The van der Waals surface area contributed by atoms with Crippen LogP contribution in [0.5, 0.6) is 5.75 Å². The summed E-state index contributed by atoms with van der Waals surface area (Å²) in [5.41, 5.74) is 0.483. The molecule has 0 radical (unpaired) electrons. The van der Waals surface area contributed by atoms with E-state index in [9.17, 15) is 4.39 Å². The number of alkyl halides is 1. The Morgan fingerprint density at radius 3 is 2.33 bits per heavy atom. The minimum absolute atomic E-state index is 0.0223. The van der Waals surface area contributed by atoms with Crippen LogP contribution in [-0.4, -0.2) is 12.1 Å². The molecule has 0 aromatic carbocycles. The van der Waals surface area contributed by atoms with E-state index in [-0.39, 0.29) is 5.92 Å². The lowest BCUT2D eigenvalue weighted by Crippen LogP contribution is -2.12. The van der Waals surface area contributed by atoms with Crippen LogP contribution in [-0.2, 0) is 0 Å². The Kier molecular flexibility index (Phi) is 4.06. The van der Waals surface area contributed by atoms with Crippen molar-refractivity contribution in [2.24, 2.45) is 11.8 Å². The Morgan fingerprint density at radius 2 is 1.93 bits per heavy atom. The van der Waals surface area contributed by atoms with Gasteiger partial charge in [0.2, 0.25) is 0 Å². The number of ether oxygens (including phenoxy) is 1. The van der Waals surface area contributed by atoms with Crippen LogP contribution in [0.25, 0.3) is 0 Å². The smallest absolute Gasteiger partial charge is 0.145 e. The fourth-order valence-corrected chi connectivity index (χ4v) is 1.28. The van der Waals surface area contributed by atoms with Crippen LogP contribution >= 0.6 is 0 Å². The summed E-state index contributed by atoms with van der Waals surface area (Å²) in [4.78, 5) is 4.05. The number of hydrogen-bond acceptors (Lipinski definition) is 2. The highest BCUT2D eigenvalue weighted by Crippen LogP contribution is 2.30. The molecule has 0 fully saturated rings. The number of aromatic nitrogens is 1. The van der Waals surface area contributed by atoms with E-state index in [2.05, 4.69) is 4.98 Å². The van der Waals surface area contributed by atoms with Gasteiger partial charge in [-0.05, 0) is 24.0 Å². The van der Waals surface area contributed by atoms with Gasteiger partial charge in [-0.15, -0.1) is 0 Å². The molecule has 2 unspecified atom stereocenters. The van der Waals surface area contributed by atoms with E-state index in [0.717, 1.165) is 0 Å². The van der Waals surface area contributed by atoms with Crippen molar-refractivity contribution in [3.05, 3.63) is 24.0 Å². The second kappa shape index (κ2) is 5.10. The fraction of sp³-hybridized carbons (Fsp3) is 0.583. The van der Waals surface area contributed by atoms with E-state index in [4.69, 9.17) is 4.74 Å². The van der Waals surface area contributed by atoms with Gasteiger partial charge in [-0.25, -0.2) is 4.39 Å². The zero-order valence-electron chi connectivity index (χ0n) is 9.70. The van der Waals surface area contributed by atoms with Crippen molar-refractivity contribution in [1.29, 1.82) is 0 Å². The highest BCUT2D eigenvalue weighted by molar-refractivity contribution is 5.21. The molecule has 0 aliphatic heterocycles. The maximum absolute atomic E-state index is 13.9. The van der Waals surface area contributed by atoms with Gasteiger partial charge in [-0.3, -0.25) is 4.98 Å². The largest absolute Gasteiger partial charge is 0.495 e. The molecule has 84 valence electrons. The van der Waals surface area contributed by atoms with Gasteiger partial charge in [0, 0.05) is 0 Å². The van der Waals surface area contributed by atoms with Gasteiger partial charge < -0.3 is 4.74 Å². The molecule has 1 rings (SSSR count). The standard InChI is InChI=1S/C12H18FNO/c1-8(2)9(3)12(13)11-6-5-10(15-4)7-14-11/h5-9,12H,1-4H3. The Labute approximate surface area is 90.5 Å². The molecule has 1 aromatic rings. The van der Waals surface area contributed by atoms with Gasteiger partial charge in [-0.2, -0.15) is 0 Å². The van der Waals surface area contributed by atoms with Crippen molar-refractivity contribution < 1.29 is 9.13 Å². The van der Waals surface area contributed by atoms with E-state index >= 15 is 0 Å². The van der Waals surface area contributed by atoms with Crippen molar-refractivity contribution in [3.8, 4) is 5.75 Å². The first-order valence-electron chi connectivity index (χ1n) is 5.20. The third-order valence-corrected chi connectivity index (χ3v) is 2.79. The molecule has 2 nitrogen and oxygen atoms in total. The quantitative estimate of drug-likeness (QED) is 0.761. The Morgan fingerprint density at radius 1 is 1.27 bits per heavy atom. The highest BCUT2D eigenvalue weighted by Gasteiger charge is 2.22. The second-order valence-corrected chi connectivity index (χ2v) is 4.13. The number of hydrogen-bond donors (Lipinski definition) is 0. The third kappa shape index (κ3) is 2.91. The first kappa shape index (κ1) is 12.0. The molecule has 3 heteroatoms. The first-order valence-corrected chi connectivity index (χ1v) is 5.20. The predicted octanol–water partition coefficient (Wildman–Crippen LogP) is 3.39. The van der Waals surface area contributed by atoms with Crippen molar-refractivity contribution in [3.63, 3.8) is 0 Å². The summed E-state index contributed by atoms with van der Waals surface area (Å²) < 4.78 is 18.9. The number of nitrogens with zero attached hydrogens (tertiary/aromatic N) is 1. The van der Waals surface area contributed by atoms with Crippen molar-refractivity contribution in [2.45, 2.75) is 26.9 Å². The van der Waals surface area contributed by atoms with Gasteiger partial charge in [-0.1, -0.05) is 20.8 Å². The van der Waals surface area contributed by atoms with E-state index in [1.807, 2.05) is 20.8 Å². The summed E-state index contributed by atoms with van der Waals surface area (Å²) in [7, 11) is 1.57. The molecule has 2 atom stereocenters. The molecule has 0 spiro atoms. The van der Waals surface area contributed by atoms with Gasteiger partial charge in [0.05, 0.1) is 19.0 Å². The van der Waals surface area contributed by atoms with Gasteiger partial charge >= 0.3 is 0 Å². The average molecular weight is 211 g/mol. The molecule has 0 aliphatic carbocycles. The average Bonchev–Trinajstić information content (AvgIpc) is 2.27. The second-order valence-electron chi connectivity index (χ2n) is 4.13.